The molecule has 2 spiro atoms. The third kappa shape index (κ3) is 5.46. The Bertz CT molecular complexity index is 2900. The van der Waals surface area contributed by atoms with E-state index in [-0.39, 0.29) is 32.4 Å². The fourth-order valence-corrected chi connectivity index (χ4v) is 8.99. The average Bonchev–Trinajstić information content (AvgIpc) is 3.23. The number of amides is 8. The van der Waals surface area contributed by atoms with Crippen LogP contribution in [0.3, 0.4) is 0 Å². The molecule has 4 saturated heterocycles. The van der Waals surface area contributed by atoms with Gasteiger partial charge in [0.15, 0.2) is 0 Å². The highest BCUT2D eigenvalue weighted by atomic mass is 32.2. The summed E-state index contributed by atoms with van der Waals surface area (Å²) in [6.45, 7) is 3.82. The quantitative estimate of drug-likeness (QED) is 0.160. The van der Waals surface area contributed by atoms with Crippen LogP contribution in [-0.4, -0.2) is 106 Å². The summed E-state index contributed by atoms with van der Waals surface area (Å²) in [6, 6.07) is 12.7. The molecule has 0 bridgehead atoms. The van der Waals surface area contributed by atoms with Gasteiger partial charge in [-0.2, -0.15) is 13.2 Å². The van der Waals surface area contributed by atoms with E-state index in [1.165, 1.54) is 32.0 Å². The van der Waals surface area contributed by atoms with Crippen molar-refractivity contribution >= 4 is 68.5 Å². The second-order valence-corrected chi connectivity index (χ2v) is 17.1. The van der Waals surface area contributed by atoms with Crippen molar-refractivity contribution in [2.24, 2.45) is 10.8 Å². The lowest BCUT2D eigenvalue weighted by Gasteiger charge is -2.51. The number of imide groups is 4. The van der Waals surface area contributed by atoms with E-state index in [9.17, 15) is 80.4 Å². The van der Waals surface area contributed by atoms with Gasteiger partial charge >= 0.3 is 6.18 Å². The number of rotatable bonds is 6. The minimum atomic E-state index is -4.86. The molecule has 0 saturated carbocycles. The topological polar surface area (TPSA) is 265 Å². The van der Waals surface area contributed by atoms with E-state index in [0.29, 0.717) is 25.2 Å². The monoisotopic (exact) mass is 892 g/mol. The number of hydrogen-bond donors (Lipinski definition) is 4. The van der Waals surface area contributed by atoms with Gasteiger partial charge in [-0.25, -0.2) is 18.2 Å². The smallest absolute Gasteiger partial charge is 0.402 e. The molecule has 4 aliphatic rings. The van der Waals surface area contributed by atoms with Gasteiger partial charge in [0, 0.05) is 14.1 Å². The summed E-state index contributed by atoms with van der Waals surface area (Å²) in [5.74, 6) is -10.3. The van der Waals surface area contributed by atoms with Gasteiger partial charge in [0.25, 0.3) is 58.1 Å². The number of aryl methyl sites for hydroxylation is 2. The van der Waals surface area contributed by atoms with Crippen molar-refractivity contribution in [2.75, 3.05) is 23.9 Å². The zero-order chi connectivity index (χ0) is 46.8. The normalized spacial score (nSPS) is 18.7. The predicted molar refractivity (Wildman–Crippen MR) is 205 cm³/mol. The number of phenols is 4. The highest BCUT2D eigenvalue weighted by Gasteiger charge is 2.81. The summed E-state index contributed by atoms with van der Waals surface area (Å²) in [5, 5.41) is 39.7. The summed E-state index contributed by atoms with van der Waals surface area (Å²) in [7, 11) is -1.92. The Balaban J connectivity index is 0.000000190. The largest absolute Gasteiger partial charge is 0.508 e. The molecular weight excluding hydrogens is 862 g/mol. The van der Waals surface area contributed by atoms with Crippen LogP contribution in [0.4, 0.5) is 24.5 Å². The molecule has 0 radical (unpaired) electrons. The van der Waals surface area contributed by atoms with E-state index >= 15 is 0 Å². The molecule has 4 aliphatic heterocycles. The number of aromatic hydroxyl groups is 4. The van der Waals surface area contributed by atoms with E-state index in [1.807, 2.05) is 0 Å². The number of alkyl halides is 3. The Morgan fingerprint density at radius 2 is 0.825 bits per heavy atom. The van der Waals surface area contributed by atoms with Gasteiger partial charge in [-0.05, 0) is 97.6 Å². The van der Waals surface area contributed by atoms with Crippen molar-refractivity contribution in [3.63, 3.8) is 0 Å². The molecule has 22 heteroatoms. The van der Waals surface area contributed by atoms with Crippen LogP contribution in [0.15, 0.2) is 82.6 Å². The molecule has 1 atom stereocenters. The third-order valence-corrected chi connectivity index (χ3v) is 13.5. The zero-order valence-electron chi connectivity index (χ0n) is 33.1. The van der Waals surface area contributed by atoms with Gasteiger partial charge < -0.3 is 20.4 Å². The van der Waals surface area contributed by atoms with Crippen LogP contribution in [0.25, 0.3) is 0 Å². The van der Waals surface area contributed by atoms with Gasteiger partial charge in [0.1, 0.15) is 28.4 Å². The lowest BCUT2D eigenvalue weighted by molar-refractivity contribution is -0.187. The number of likely N-dealkylation sites (tertiary alicyclic amines) is 2. The number of carbonyl (C=O) groups excluding carboxylic acids is 8. The van der Waals surface area contributed by atoms with E-state index < -0.39 is 108 Å². The summed E-state index contributed by atoms with van der Waals surface area (Å²) >= 11 is 0. The number of halogens is 3. The second kappa shape index (κ2) is 13.7. The maximum absolute atomic E-state index is 14.4. The van der Waals surface area contributed by atoms with Crippen LogP contribution in [-0.2, 0) is 53.6 Å². The number of sulfone groups is 1. The summed E-state index contributed by atoms with van der Waals surface area (Å²) in [5.41, 5.74) is -8.80. The van der Waals surface area contributed by atoms with Gasteiger partial charge in [0.05, 0.1) is 21.2 Å². The van der Waals surface area contributed by atoms with Crippen LogP contribution in [0.2, 0.25) is 0 Å². The Hall–Kier alpha value is -7.62. The molecule has 4 aromatic carbocycles. The predicted octanol–water partition coefficient (Wildman–Crippen LogP) is 2.23. The molecule has 63 heavy (non-hydrogen) atoms. The van der Waals surface area contributed by atoms with Crippen LogP contribution >= 0.6 is 0 Å². The number of anilines is 2. The highest BCUT2D eigenvalue weighted by molar-refractivity contribution is 7.91. The molecule has 4 aromatic rings. The fraction of sp³-hybridized carbons (Fsp3) is 0.220. The van der Waals surface area contributed by atoms with Crippen molar-refractivity contribution in [2.45, 2.75) is 42.2 Å². The van der Waals surface area contributed by atoms with E-state index in [2.05, 4.69) is 0 Å². The Morgan fingerprint density at radius 1 is 0.492 bits per heavy atom. The highest BCUT2D eigenvalue weighted by Crippen LogP contribution is 2.52. The van der Waals surface area contributed by atoms with Crippen molar-refractivity contribution in [1.82, 2.24) is 9.80 Å². The molecule has 18 nitrogen and oxygen atoms in total. The number of β-lactam (4-membered cyclic amide) rings is 8. The molecule has 4 heterocycles. The van der Waals surface area contributed by atoms with Crippen molar-refractivity contribution in [3.05, 3.63) is 95.1 Å². The molecule has 4 N–H and O–H groups in total. The lowest BCUT2D eigenvalue weighted by atomic mass is 9.68. The van der Waals surface area contributed by atoms with Gasteiger partial charge in [0.2, 0.25) is 9.84 Å². The summed E-state index contributed by atoms with van der Waals surface area (Å²) in [6.07, 6.45) is -4.86. The van der Waals surface area contributed by atoms with Gasteiger partial charge in [-0.3, -0.25) is 48.2 Å². The van der Waals surface area contributed by atoms with Gasteiger partial charge in [-0.15, -0.1) is 0 Å². The third-order valence-electron chi connectivity index (χ3n) is 11.7. The van der Waals surface area contributed by atoms with Crippen LogP contribution in [0, 0.1) is 24.7 Å². The average molecular weight is 893 g/mol. The molecule has 326 valence electrons. The first-order chi connectivity index (χ1) is 29.2. The van der Waals surface area contributed by atoms with Crippen molar-refractivity contribution in [3.8, 4) is 23.0 Å². The molecule has 4 fully saturated rings. The number of hydrogen-bond acceptors (Lipinski definition) is 14. The van der Waals surface area contributed by atoms with E-state index in [0.717, 1.165) is 75.6 Å². The summed E-state index contributed by atoms with van der Waals surface area (Å²) < 4.78 is 68.9. The first-order valence-corrected chi connectivity index (χ1v) is 19.7. The van der Waals surface area contributed by atoms with Crippen LogP contribution in [0.1, 0.15) is 29.2 Å². The maximum atomic E-state index is 14.4. The van der Waals surface area contributed by atoms with Crippen LogP contribution in [0.5, 0.6) is 23.0 Å². The molecule has 0 aliphatic carbocycles. The first-order valence-electron chi connectivity index (χ1n) is 18.2. The Labute approximate surface area is 352 Å². The molecule has 0 aromatic heterocycles. The zero-order valence-corrected chi connectivity index (χ0v) is 33.9. The van der Waals surface area contributed by atoms with Crippen molar-refractivity contribution in [1.29, 1.82) is 0 Å². The van der Waals surface area contributed by atoms with Crippen LogP contribution < -0.4 is 9.80 Å². The molecular formula is C41H31F3N4O14S. The Kier molecular flexibility index (Phi) is 9.45. The minimum Gasteiger partial charge on any atom is -0.508 e. The Morgan fingerprint density at radius 3 is 1.22 bits per heavy atom. The van der Waals surface area contributed by atoms with Gasteiger partial charge in [-0.1, -0.05) is 18.2 Å². The molecule has 8 rings (SSSR count). The summed E-state index contributed by atoms with van der Waals surface area (Å²) in [4.78, 5) is 100. The minimum absolute atomic E-state index is 0.0952. The number of benzene rings is 4. The molecule has 8 amide bonds. The number of phenolic OH excluding ortho intramolecular Hbond substituents is 4. The lowest BCUT2D eigenvalue weighted by Crippen LogP contribution is -2.83. The SMILES string of the molecule is Cc1cc(C(C)(c2ccc(O)c(N3C(=O)C4(C(=O)N(C)C4=O)C3=O)c2)C(F)(F)F)ccc1O.Cc1cc(S(=O)(=O)c2ccc(O)c(N3C(=O)C4(C(=O)N(C)C4=O)C3=O)c2)ccc1O. The molecule has 1 unspecified atom stereocenters. The number of nitrogens with zero attached hydrogens (tertiary/aromatic N) is 4. The second-order valence-electron chi connectivity index (χ2n) is 15.2. The first kappa shape index (κ1) is 43.5. The standard InChI is InChI=1S/C22H17F3N2O6.C19H14N2O8S/c1-10-8-11(4-6-14(10)28)20(2,22(23,24)25)12-5-7-15(29)13(9-12)27-18(32)21(19(27)33)16(30)26(3)17(21)31;1-9-7-10(3-5-13(9)22)30(28,29)11-4-6-14(23)12(8-11)21-17(26)19(18(21)27)15(24)20(2)16(19)25/h4-9,28-29H,1-3H3;3-8,22-23H,1-2H3. The number of carbonyl (C=O) groups is 8. The van der Waals surface area contributed by atoms with Crippen molar-refractivity contribution < 1.29 is 80.4 Å². The van der Waals surface area contributed by atoms with E-state index in [4.69, 9.17) is 0 Å². The fourth-order valence-electron chi connectivity index (χ4n) is 7.62. The van der Waals surface area contributed by atoms with E-state index in [1.54, 1.807) is 0 Å². The maximum Gasteiger partial charge on any atom is 0.402 e.